The fourth-order valence-electron chi connectivity index (χ4n) is 2.77. The average molecular weight is 305 g/mol. The van der Waals surface area contributed by atoms with Crippen molar-refractivity contribution in [1.82, 2.24) is 15.0 Å². The van der Waals surface area contributed by atoms with E-state index in [-0.39, 0.29) is 0 Å². The highest BCUT2D eigenvalue weighted by Gasteiger charge is 2.32. The third-order valence-corrected chi connectivity index (χ3v) is 5.68. The summed E-state index contributed by atoms with van der Waals surface area (Å²) in [7, 11) is -3.56. The second-order valence-corrected chi connectivity index (χ2v) is 7.39. The molecule has 2 heterocycles. The van der Waals surface area contributed by atoms with Gasteiger partial charge in [-0.15, -0.1) is 0 Å². The minimum absolute atomic E-state index is 0.299. The van der Waals surface area contributed by atoms with E-state index in [4.69, 9.17) is 0 Å². The van der Waals surface area contributed by atoms with Gasteiger partial charge in [0.05, 0.1) is 10.4 Å². The molecule has 0 unspecified atom stereocenters. The van der Waals surface area contributed by atoms with Crippen LogP contribution in [0.15, 0.2) is 41.4 Å². The third kappa shape index (κ3) is 2.92. The summed E-state index contributed by atoms with van der Waals surface area (Å²) < 4.78 is 28.4. The molecule has 6 heteroatoms. The van der Waals surface area contributed by atoms with E-state index in [2.05, 4.69) is 15.0 Å². The van der Waals surface area contributed by atoms with Crippen molar-refractivity contribution in [1.29, 1.82) is 0 Å². The van der Waals surface area contributed by atoms with Gasteiger partial charge in [0.2, 0.25) is 10.0 Å². The van der Waals surface area contributed by atoms with Crippen molar-refractivity contribution in [3.63, 3.8) is 0 Å². The van der Waals surface area contributed by atoms with Crippen LogP contribution in [0.1, 0.15) is 19.8 Å². The van der Waals surface area contributed by atoms with Crippen molar-refractivity contribution in [3.05, 3.63) is 36.5 Å². The molecule has 1 saturated heterocycles. The molecule has 0 spiro atoms. The Hall–Kier alpha value is -1.50. The SMILES string of the molecule is CC1(NS(=O)(=O)c2cccc3ncccc23)CCNCC1. The highest BCUT2D eigenvalue weighted by Crippen LogP contribution is 2.25. The van der Waals surface area contributed by atoms with Gasteiger partial charge in [-0.2, -0.15) is 0 Å². The van der Waals surface area contributed by atoms with Gasteiger partial charge in [0.15, 0.2) is 0 Å². The van der Waals surface area contributed by atoms with Crippen LogP contribution in [0.5, 0.6) is 0 Å². The molecule has 0 amide bonds. The number of rotatable bonds is 3. The summed E-state index contributed by atoms with van der Waals surface area (Å²) in [5.74, 6) is 0. The molecule has 3 rings (SSSR count). The summed E-state index contributed by atoms with van der Waals surface area (Å²) in [6.45, 7) is 3.63. The standard InChI is InChI=1S/C15H19N3O2S/c1-15(7-10-16-11-8-15)18-21(19,20)14-6-2-5-13-12(14)4-3-9-17-13/h2-6,9,16,18H,7-8,10-11H2,1H3. The van der Waals surface area contributed by atoms with Gasteiger partial charge >= 0.3 is 0 Å². The van der Waals surface area contributed by atoms with Crippen LogP contribution >= 0.6 is 0 Å². The summed E-state index contributed by atoms with van der Waals surface area (Å²) in [5.41, 5.74) is 0.296. The number of hydrogen-bond donors (Lipinski definition) is 2. The molecular formula is C15H19N3O2S. The van der Waals surface area contributed by atoms with E-state index in [1.54, 1.807) is 30.5 Å². The summed E-state index contributed by atoms with van der Waals surface area (Å²) in [5, 5.41) is 3.91. The van der Waals surface area contributed by atoms with Crippen LogP contribution in [-0.4, -0.2) is 32.0 Å². The molecule has 5 nitrogen and oxygen atoms in total. The van der Waals surface area contributed by atoms with Gasteiger partial charge in [0.1, 0.15) is 0 Å². The predicted molar refractivity (Wildman–Crippen MR) is 82.6 cm³/mol. The molecule has 21 heavy (non-hydrogen) atoms. The zero-order chi connectivity index (χ0) is 14.9. The highest BCUT2D eigenvalue weighted by molar-refractivity contribution is 7.89. The number of benzene rings is 1. The Morgan fingerprint density at radius 2 is 1.95 bits per heavy atom. The van der Waals surface area contributed by atoms with Crippen molar-refractivity contribution in [2.75, 3.05) is 13.1 Å². The smallest absolute Gasteiger partial charge is 0.241 e. The molecular weight excluding hydrogens is 286 g/mol. The molecule has 1 aliphatic rings. The predicted octanol–water partition coefficient (Wildman–Crippen LogP) is 1.66. The van der Waals surface area contributed by atoms with Crippen LogP contribution in [0.2, 0.25) is 0 Å². The molecule has 0 aliphatic carbocycles. The first kappa shape index (κ1) is 14.4. The zero-order valence-electron chi connectivity index (χ0n) is 12.0. The Morgan fingerprint density at radius 1 is 1.19 bits per heavy atom. The van der Waals surface area contributed by atoms with E-state index in [1.807, 2.05) is 13.0 Å². The van der Waals surface area contributed by atoms with Gasteiger partial charge in [0, 0.05) is 17.1 Å². The lowest BCUT2D eigenvalue weighted by molar-refractivity contribution is 0.308. The molecule has 1 aromatic carbocycles. The number of hydrogen-bond acceptors (Lipinski definition) is 4. The van der Waals surface area contributed by atoms with Gasteiger partial charge < -0.3 is 5.32 Å². The first-order valence-electron chi connectivity index (χ1n) is 7.09. The van der Waals surface area contributed by atoms with E-state index in [0.29, 0.717) is 15.8 Å². The summed E-state index contributed by atoms with van der Waals surface area (Å²) >= 11 is 0. The maximum atomic E-state index is 12.8. The Balaban J connectivity index is 2.00. The molecule has 0 bridgehead atoms. The second-order valence-electron chi connectivity index (χ2n) is 5.74. The van der Waals surface area contributed by atoms with Crippen LogP contribution in [0.4, 0.5) is 0 Å². The van der Waals surface area contributed by atoms with E-state index >= 15 is 0 Å². The number of nitrogens with zero attached hydrogens (tertiary/aromatic N) is 1. The minimum Gasteiger partial charge on any atom is -0.317 e. The van der Waals surface area contributed by atoms with Crippen LogP contribution in [0.3, 0.4) is 0 Å². The zero-order valence-corrected chi connectivity index (χ0v) is 12.8. The maximum Gasteiger partial charge on any atom is 0.241 e. The Kier molecular flexibility index (Phi) is 3.69. The highest BCUT2D eigenvalue weighted by atomic mass is 32.2. The quantitative estimate of drug-likeness (QED) is 0.904. The summed E-state index contributed by atoms with van der Waals surface area (Å²) in [6, 6.07) is 8.74. The molecule has 112 valence electrons. The number of fused-ring (bicyclic) bond motifs is 1. The van der Waals surface area contributed by atoms with Crippen LogP contribution in [0.25, 0.3) is 10.9 Å². The van der Waals surface area contributed by atoms with Gasteiger partial charge in [-0.05, 0) is 57.1 Å². The van der Waals surface area contributed by atoms with Gasteiger partial charge in [-0.1, -0.05) is 6.07 Å². The number of sulfonamides is 1. The fraction of sp³-hybridized carbons (Fsp3) is 0.400. The fourth-order valence-corrected chi connectivity index (χ4v) is 4.45. The lowest BCUT2D eigenvalue weighted by Gasteiger charge is -2.34. The van der Waals surface area contributed by atoms with Crippen molar-refractivity contribution >= 4 is 20.9 Å². The number of aromatic nitrogens is 1. The van der Waals surface area contributed by atoms with Crippen LogP contribution in [-0.2, 0) is 10.0 Å². The number of piperidine rings is 1. The molecule has 0 radical (unpaired) electrons. The normalized spacial score (nSPS) is 18.7. The first-order chi connectivity index (χ1) is 10.0. The topological polar surface area (TPSA) is 71.1 Å². The number of nitrogens with one attached hydrogen (secondary N) is 2. The molecule has 1 aromatic heterocycles. The van der Waals surface area contributed by atoms with Gasteiger partial charge in [-0.3, -0.25) is 4.98 Å². The lowest BCUT2D eigenvalue weighted by Crippen LogP contribution is -2.52. The van der Waals surface area contributed by atoms with Crippen molar-refractivity contribution in [3.8, 4) is 0 Å². The minimum atomic E-state index is -3.56. The average Bonchev–Trinajstić information content (AvgIpc) is 2.46. The second kappa shape index (κ2) is 5.36. The van der Waals surface area contributed by atoms with Crippen LogP contribution < -0.4 is 10.0 Å². The lowest BCUT2D eigenvalue weighted by atomic mass is 9.92. The maximum absolute atomic E-state index is 12.8. The van der Waals surface area contributed by atoms with Crippen LogP contribution in [0, 0.1) is 0 Å². The summed E-state index contributed by atoms with van der Waals surface area (Å²) in [4.78, 5) is 4.52. The monoisotopic (exact) mass is 305 g/mol. The molecule has 0 saturated carbocycles. The molecule has 2 aromatic rings. The summed E-state index contributed by atoms with van der Waals surface area (Å²) in [6.07, 6.45) is 3.24. The van der Waals surface area contributed by atoms with E-state index in [0.717, 1.165) is 25.9 Å². The van der Waals surface area contributed by atoms with E-state index < -0.39 is 15.6 Å². The first-order valence-corrected chi connectivity index (χ1v) is 8.57. The molecule has 0 atom stereocenters. The van der Waals surface area contributed by atoms with E-state index in [9.17, 15) is 8.42 Å². The Morgan fingerprint density at radius 3 is 2.71 bits per heavy atom. The largest absolute Gasteiger partial charge is 0.317 e. The van der Waals surface area contributed by atoms with Gasteiger partial charge in [-0.25, -0.2) is 13.1 Å². The molecule has 2 N–H and O–H groups in total. The van der Waals surface area contributed by atoms with Gasteiger partial charge in [0.25, 0.3) is 0 Å². The third-order valence-electron chi connectivity index (χ3n) is 3.98. The number of pyridine rings is 1. The van der Waals surface area contributed by atoms with Crippen molar-refractivity contribution in [2.24, 2.45) is 0 Å². The Bertz CT molecular complexity index is 747. The molecule has 1 fully saturated rings. The Labute approximate surface area is 124 Å². The van der Waals surface area contributed by atoms with E-state index in [1.165, 1.54) is 0 Å². The van der Waals surface area contributed by atoms with Crippen molar-refractivity contribution in [2.45, 2.75) is 30.2 Å². The van der Waals surface area contributed by atoms with Crippen molar-refractivity contribution < 1.29 is 8.42 Å². The molecule has 1 aliphatic heterocycles.